The lowest BCUT2D eigenvalue weighted by Gasteiger charge is -2.12. The first kappa shape index (κ1) is 14.9. The molecule has 0 fully saturated rings. The van der Waals surface area contributed by atoms with Crippen LogP contribution in [-0.2, 0) is 6.18 Å². The molecule has 0 radical (unpaired) electrons. The summed E-state index contributed by atoms with van der Waals surface area (Å²) in [5, 5.41) is 2.15. The molecule has 112 valence electrons. The number of nitrogen functional groups attached to an aromatic ring is 1. The normalized spacial score (nSPS) is 11.5. The van der Waals surface area contributed by atoms with Crippen LogP contribution in [0.2, 0.25) is 0 Å². The molecule has 21 heavy (non-hydrogen) atoms. The van der Waals surface area contributed by atoms with E-state index in [1.165, 1.54) is 13.0 Å². The lowest BCUT2D eigenvalue weighted by Crippen LogP contribution is -2.12. The number of hydrogen-bond acceptors (Lipinski definition) is 4. The van der Waals surface area contributed by atoms with E-state index in [1.807, 2.05) is 0 Å². The van der Waals surface area contributed by atoms with Crippen molar-refractivity contribution in [3.05, 3.63) is 41.1 Å². The Balaban J connectivity index is 2.46. The Bertz CT molecular complexity index is 684. The second-order valence-corrected chi connectivity index (χ2v) is 4.17. The summed E-state index contributed by atoms with van der Waals surface area (Å²) < 4.78 is 65.1. The number of aryl methyl sites for hydroxylation is 1. The van der Waals surface area contributed by atoms with Crippen molar-refractivity contribution in [2.75, 3.05) is 11.1 Å². The van der Waals surface area contributed by atoms with Gasteiger partial charge in [0.05, 0.1) is 0 Å². The zero-order chi connectivity index (χ0) is 15.8. The SMILES string of the molecule is Cc1ccc(F)c(Nc2cc(C(F)(F)F)nc(N)n2)c1F. The average Bonchev–Trinajstić information content (AvgIpc) is 2.38. The summed E-state index contributed by atoms with van der Waals surface area (Å²) in [6, 6.07) is 2.69. The van der Waals surface area contributed by atoms with Crippen LogP contribution in [0.3, 0.4) is 0 Å². The molecule has 3 N–H and O–H groups in total. The van der Waals surface area contributed by atoms with E-state index in [9.17, 15) is 22.0 Å². The number of benzene rings is 1. The zero-order valence-electron chi connectivity index (χ0n) is 10.6. The van der Waals surface area contributed by atoms with Crippen LogP contribution in [0.25, 0.3) is 0 Å². The molecule has 0 atom stereocenters. The van der Waals surface area contributed by atoms with Crippen molar-refractivity contribution in [2.45, 2.75) is 13.1 Å². The molecule has 0 saturated heterocycles. The van der Waals surface area contributed by atoms with Crippen LogP contribution in [0.15, 0.2) is 18.2 Å². The summed E-state index contributed by atoms with van der Waals surface area (Å²) in [6.07, 6.45) is -4.75. The highest BCUT2D eigenvalue weighted by molar-refractivity contribution is 5.60. The predicted molar refractivity (Wildman–Crippen MR) is 65.8 cm³/mol. The van der Waals surface area contributed by atoms with Gasteiger partial charge in [-0.15, -0.1) is 0 Å². The van der Waals surface area contributed by atoms with Crippen molar-refractivity contribution >= 4 is 17.5 Å². The fraction of sp³-hybridized carbons (Fsp3) is 0.167. The molecule has 0 aliphatic carbocycles. The topological polar surface area (TPSA) is 63.8 Å². The maximum Gasteiger partial charge on any atom is 0.433 e. The number of halogens is 5. The van der Waals surface area contributed by atoms with Crippen LogP contribution in [-0.4, -0.2) is 9.97 Å². The van der Waals surface area contributed by atoms with E-state index >= 15 is 0 Å². The van der Waals surface area contributed by atoms with E-state index in [4.69, 9.17) is 5.73 Å². The van der Waals surface area contributed by atoms with Gasteiger partial charge in [0.15, 0.2) is 11.5 Å². The molecule has 0 saturated carbocycles. The number of alkyl halides is 3. The monoisotopic (exact) mass is 304 g/mol. The number of aromatic nitrogens is 2. The van der Waals surface area contributed by atoms with Crippen molar-refractivity contribution in [3.63, 3.8) is 0 Å². The summed E-state index contributed by atoms with van der Waals surface area (Å²) in [5.74, 6) is -3.02. The molecule has 0 aliphatic heterocycles. The maximum atomic E-state index is 13.8. The van der Waals surface area contributed by atoms with Gasteiger partial charge in [0.2, 0.25) is 5.95 Å². The summed E-state index contributed by atoms with van der Waals surface area (Å²) in [6.45, 7) is 1.38. The smallest absolute Gasteiger partial charge is 0.368 e. The molecular formula is C12H9F5N4. The third-order valence-electron chi connectivity index (χ3n) is 2.57. The van der Waals surface area contributed by atoms with Gasteiger partial charge in [-0.1, -0.05) is 6.07 Å². The molecule has 0 spiro atoms. The first-order valence-electron chi connectivity index (χ1n) is 5.62. The molecule has 1 heterocycles. The number of nitrogens with two attached hydrogens (primary N) is 1. The molecule has 0 bridgehead atoms. The zero-order valence-corrected chi connectivity index (χ0v) is 10.6. The Morgan fingerprint density at radius 3 is 2.43 bits per heavy atom. The van der Waals surface area contributed by atoms with Crippen LogP contribution in [0.1, 0.15) is 11.3 Å². The van der Waals surface area contributed by atoms with Crippen LogP contribution >= 0.6 is 0 Å². The van der Waals surface area contributed by atoms with Crippen LogP contribution in [0, 0.1) is 18.6 Å². The standard InChI is InChI=1S/C12H9F5N4/c1-5-2-3-6(13)10(9(5)14)20-8-4-7(12(15,16)17)19-11(18)21-8/h2-4H,1H3,(H3,18,19,20,21). The molecule has 0 amide bonds. The molecule has 0 unspecified atom stereocenters. The van der Waals surface area contributed by atoms with E-state index in [0.29, 0.717) is 6.07 Å². The Hall–Kier alpha value is -2.45. The maximum absolute atomic E-state index is 13.8. The average molecular weight is 304 g/mol. The molecule has 1 aromatic carbocycles. The van der Waals surface area contributed by atoms with Gasteiger partial charge in [-0.25, -0.2) is 13.8 Å². The number of nitrogens with one attached hydrogen (secondary N) is 1. The second kappa shape index (κ2) is 5.15. The van der Waals surface area contributed by atoms with Gasteiger partial charge in [0, 0.05) is 6.07 Å². The lowest BCUT2D eigenvalue weighted by molar-refractivity contribution is -0.141. The highest BCUT2D eigenvalue weighted by atomic mass is 19.4. The fourth-order valence-corrected chi connectivity index (χ4v) is 1.57. The summed E-state index contributed by atoms with van der Waals surface area (Å²) >= 11 is 0. The molecule has 1 aromatic heterocycles. The van der Waals surface area contributed by atoms with E-state index in [1.54, 1.807) is 0 Å². The van der Waals surface area contributed by atoms with Crippen molar-refractivity contribution in [2.24, 2.45) is 0 Å². The van der Waals surface area contributed by atoms with E-state index in [0.717, 1.165) is 6.07 Å². The number of nitrogens with zero attached hydrogens (tertiary/aromatic N) is 2. The molecular weight excluding hydrogens is 295 g/mol. The molecule has 2 aromatic rings. The summed E-state index contributed by atoms with van der Waals surface area (Å²) in [5.41, 5.74) is 3.36. The highest BCUT2D eigenvalue weighted by Gasteiger charge is 2.33. The number of hydrogen-bond donors (Lipinski definition) is 2. The quantitative estimate of drug-likeness (QED) is 0.835. The fourth-order valence-electron chi connectivity index (χ4n) is 1.57. The first-order chi connectivity index (χ1) is 9.68. The van der Waals surface area contributed by atoms with Gasteiger partial charge in [0.1, 0.15) is 17.3 Å². The van der Waals surface area contributed by atoms with E-state index in [2.05, 4.69) is 15.3 Å². The molecule has 2 rings (SSSR count). The first-order valence-corrected chi connectivity index (χ1v) is 5.62. The van der Waals surface area contributed by atoms with Crippen molar-refractivity contribution in [3.8, 4) is 0 Å². The van der Waals surface area contributed by atoms with Gasteiger partial charge in [-0.2, -0.15) is 18.2 Å². The highest BCUT2D eigenvalue weighted by Crippen LogP contribution is 2.31. The van der Waals surface area contributed by atoms with Crippen LogP contribution < -0.4 is 11.1 Å². The second-order valence-electron chi connectivity index (χ2n) is 4.17. The van der Waals surface area contributed by atoms with Crippen LogP contribution in [0.4, 0.5) is 39.4 Å². The van der Waals surface area contributed by atoms with Gasteiger partial charge >= 0.3 is 6.18 Å². The molecule has 0 aliphatic rings. The Morgan fingerprint density at radius 1 is 1.14 bits per heavy atom. The minimum absolute atomic E-state index is 0.122. The summed E-state index contributed by atoms with van der Waals surface area (Å²) in [4.78, 5) is 6.50. The van der Waals surface area contributed by atoms with E-state index in [-0.39, 0.29) is 5.56 Å². The van der Waals surface area contributed by atoms with Crippen molar-refractivity contribution in [1.82, 2.24) is 9.97 Å². The Kier molecular flexibility index (Phi) is 3.67. The van der Waals surface area contributed by atoms with Gasteiger partial charge in [0.25, 0.3) is 0 Å². The third kappa shape index (κ3) is 3.18. The Morgan fingerprint density at radius 2 is 1.81 bits per heavy atom. The van der Waals surface area contributed by atoms with Crippen LogP contribution in [0.5, 0.6) is 0 Å². The minimum atomic E-state index is -4.75. The largest absolute Gasteiger partial charge is 0.433 e. The summed E-state index contributed by atoms with van der Waals surface area (Å²) in [7, 11) is 0. The van der Waals surface area contributed by atoms with E-state index < -0.39 is 41.0 Å². The predicted octanol–water partition coefficient (Wildman–Crippen LogP) is 3.41. The van der Waals surface area contributed by atoms with Gasteiger partial charge in [-0.05, 0) is 18.6 Å². The third-order valence-corrected chi connectivity index (χ3v) is 2.57. The lowest BCUT2D eigenvalue weighted by atomic mass is 10.2. The van der Waals surface area contributed by atoms with Crippen molar-refractivity contribution in [1.29, 1.82) is 0 Å². The van der Waals surface area contributed by atoms with Crippen molar-refractivity contribution < 1.29 is 22.0 Å². The molecule has 4 nitrogen and oxygen atoms in total. The van der Waals surface area contributed by atoms with Gasteiger partial charge < -0.3 is 11.1 Å². The molecule has 9 heteroatoms. The van der Waals surface area contributed by atoms with Gasteiger partial charge in [-0.3, -0.25) is 0 Å². The number of rotatable bonds is 2. The number of anilines is 3. The minimum Gasteiger partial charge on any atom is -0.368 e. The Labute approximate surface area is 115 Å².